The fourth-order valence-corrected chi connectivity index (χ4v) is 4.87. The number of nitrogens with one attached hydrogen (secondary N) is 1. The zero-order valence-electron chi connectivity index (χ0n) is 18.7. The van der Waals surface area contributed by atoms with Gasteiger partial charge in [0.25, 0.3) is 5.91 Å². The van der Waals surface area contributed by atoms with Gasteiger partial charge in [-0.25, -0.2) is 9.97 Å². The van der Waals surface area contributed by atoms with E-state index in [9.17, 15) is 9.59 Å². The fourth-order valence-electron chi connectivity index (χ4n) is 3.93. The van der Waals surface area contributed by atoms with Crippen molar-refractivity contribution < 1.29 is 9.59 Å². The zero-order chi connectivity index (χ0) is 23.4. The lowest BCUT2D eigenvalue weighted by atomic mass is 9.97. The van der Waals surface area contributed by atoms with Crippen LogP contribution in [0.4, 0.5) is 11.5 Å². The van der Waals surface area contributed by atoms with Crippen LogP contribution in [-0.4, -0.2) is 34.9 Å². The molecule has 0 spiro atoms. The van der Waals surface area contributed by atoms with E-state index in [2.05, 4.69) is 52.2 Å². The van der Waals surface area contributed by atoms with Gasteiger partial charge in [-0.2, -0.15) is 0 Å². The second kappa shape index (κ2) is 10.0. The average Bonchev–Trinajstić information content (AvgIpc) is 2.82. The number of carbonyl (C=O) groups is 2. The number of rotatable bonds is 6. The largest absolute Gasteiger partial charge is 0.369 e. The first-order valence-corrected chi connectivity index (χ1v) is 11.7. The van der Waals surface area contributed by atoms with Crippen molar-refractivity contribution in [2.24, 2.45) is 11.7 Å². The molecule has 8 heteroatoms. The van der Waals surface area contributed by atoms with Gasteiger partial charge in [0.2, 0.25) is 5.91 Å². The van der Waals surface area contributed by atoms with Crippen LogP contribution in [0.3, 0.4) is 0 Å². The Hall–Kier alpha value is -3.39. The second-order valence-corrected chi connectivity index (χ2v) is 9.30. The van der Waals surface area contributed by atoms with Crippen LogP contribution < -0.4 is 16.0 Å². The Bertz CT molecular complexity index is 1170. The normalized spacial score (nSPS) is 15.8. The molecule has 2 aromatic heterocycles. The van der Waals surface area contributed by atoms with Crippen LogP contribution in [0.25, 0.3) is 0 Å². The number of hydrogen-bond donors (Lipinski definition) is 2. The van der Waals surface area contributed by atoms with E-state index in [0.29, 0.717) is 22.8 Å². The highest BCUT2D eigenvalue weighted by Gasteiger charge is 2.24. The molecule has 0 bridgehead atoms. The van der Waals surface area contributed by atoms with Gasteiger partial charge in [-0.1, -0.05) is 29.5 Å². The number of primary amides is 1. The molecule has 3 heterocycles. The summed E-state index contributed by atoms with van der Waals surface area (Å²) in [6.07, 6.45) is 5.04. The number of carbonyl (C=O) groups excluding carboxylic acids is 2. The van der Waals surface area contributed by atoms with Gasteiger partial charge in [-0.15, -0.1) is 0 Å². The van der Waals surface area contributed by atoms with Crippen LogP contribution in [-0.2, 0) is 4.79 Å². The number of piperidine rings is 1. The molecule has 1 fully saturated rings. The molecule has 7 nitrogen and oxygen atoms in total. The molecule has 1 aromatic carbocycles. The number of aromatic nitrogens is 2. The number of benzene rings is 1. The highest BCUT2D eigenvalue weighted by atomic mass is 32.2. The minimum atomic E-state index is -0.269. The van der Waals surface area contributed by atoms with Crippen molar-refractivity contribution in [2.75, 3.05) is 23.3 Å². The Morgan fingerprint density at radius 2 is 2.00 bits per heavy atom. The molecule has 0 saturated carbocycles. The number of amides is 2. The summed E-state index contributed by atoms with van der Waals surface area (Å²) >= 11 is 1.48. The molecule has 1 aliphatic heterocycles. The number of pyridine rings is 2. The minimum Gasteiger partial charge on any atom is -0.369 e. The molecule has 2 amide bonds. The standard InChI is InChI=1S/C25H27N5O2S/c1-16-7-9-21(17(2)13-16)33-25-20(6-3-11-27-25)24(32)29-19-8-10-22(28-14-19)30-12-4-5-18(15-30)23(26)31/h3,6-11,13-14,18H,4-5,12,15H2,1-2H3,(H2,26,31)(H,29,32). The first-order chi connectivity index (χ1) is 15.9. The van der Waals surface area contributed by atoms with Crippen LogP contribution in [0.1, 0.15) is 34.3 Å². The lowest BCUT2D eigenvalue weighted by Crippen LogP contribution is -2.41. The Balaban J connectivity index is 1.46. The Morgan fingerprint density at radius 3 is 2.73 bits per heavy atom. The Morgan fingerprint density at radius 1 is 1.15 bits per heavy atom. The molecule has 33 heavy (non-hydrogen) atoms. The van der Waals surface area contributed by atoms with Gasteiger partial charge < -0.3 is 16.0 Å². The van der Waals surface area contributed by atoms with E-state index >= 15 is 0 Å². The SMILES string of the molecule is Cc1ccc(Sc2ncccc2C(=O)Nc2ccc(N3CCCC(C(N)=O)C3)nc2)c(C)c1. The van der Waals surface area contributed by atoms with Crippen molar-refractivity contribution >= 4 is 35.1 Å². The first kappa shape index (κ1) is 22.8. The Labute approximate surface area is 197 Å². The van der Waals surface area contributed by atoms with E-state index in [1.54, 1.807) is 24.5 Å². The number of anilines is 2. The van der Waals surface area contributed by atoms with Gasteiger partial charge in [0.05, 0.1) is 23.4 Å². The fraction of sp³-hybridized carbons (Fsp3) is 0.280. The summed E-state index contributed by atoms with van der Waals surface area (Å²) in [4.78, 5) is 36.6. The highest BCUT2D eigenvalue weighted by molar-refractivity contribution is 7.99. The smallest absolute Gasteiger partial charge is 0.258 e. The molecule has 3 N–H and O–H groups in total. The molecule has 0 radical (unpaired) electrons. The predicted octanol–water partition coefficient (Wildman–Crippen LogP) is 4.20. The van der Waals surface area contributed by atoms with Gasteiger partial charge >= 0.3 is 0 Å². The second-order valence-electron chi connectivity index (χ2n) is 8.27. The van der Waals surface area contributed by atoms with Crippen molar-refractivity contribution in [2.45, 2.75) is 36.6 Å². The third kappa shape index (κ3) is 5.51. The topological polar surface area (TPSA) is 101 Å². The van der Waals surface area contributed by atoms with Crippen molar-refractivity contribution in [1.29, 1.82) is 0 Å². The summed E-state index contributed by atoms with van der Waals surface area (Å²) in [5.74, 6) is 0.108. The van der Waals surface area contributed by atoms with Crippen LogP contribution in [0.15, 0.2) is 64.8 Å². The number of nitrogens with two attached hydrogens (primary N) is 1. The predicted molar refractivity (Wildman–Crippen MR) is 131 cm³/mol. The minimum absolute atomic E-state index is 0.154. The molecule has 1 unspecified atom stereocenters. The van der Waals surface area contributed by atoms with E-state index in [-0.39, 0.29) is 17.7 Å². The number of nitrogens with zero attached hydrogens (tertiary/aromatic N) is 3. The summed E-state index contributed by atoms with van der Waals surface area (Å²) in [6.45, 7) is 5.51. The van der Waals surface area contributed by atoms with E-state index in [1.165, 1.54) is 17.3 Å². The van der Waals surface area contributed by atoms with Gasteiger partial charge in [-0.3, -0.25) is 9.59 Å². The van der Waals surface area contributed by atoms with Crippen LogP contribution in [0, 0.1) is 19.8 Å². The zero-order valence-corrected chi connectivity index (χ0v) is 19.6. The average molecular weight is 462 g/mol. The quantitative estimate of drug-likeness (QED) is 0.571. The van der Waals surface area contributed by atoms with Crippen molar-refractivity contribution in [3.8, 4) is 0 Å². The van der Waals surface area contributed by atoms with Crippen LogP contribution >= 0.6 is 11.8 Å². The molecule has 3 aromatic rings. The molecule has 1 atom stereocenters. The molecule has 4 rings (SSSR count). The summed E-state index contributed by atoms with van der Waals surface area (Å²) in [5.41, 5.74) is 8.92. The summed E-state index contributed by atoms with van der Waals surface area (Å²) in [5, 5.41) is 3.57. The van der Waals surface area contributed by atoms with Crippen LogP contribution in [0.2, 0.25) is 0 Å². The molecule has 1 aliphatic rings. The first-order valence-electron chi connectivity index (χ1n) is 10.9. The number of hydrogen-bond acceptors (Lipinski definition) is 6. The van der Waals surface area contributed by atoms with Gasteiger partial charge in [0, 0.05) is 24.2 Å². The summed E-state index contributed by atoms with van der Waals surface area (Å²) in [6, 6.07) is 13.4. The van der Waals surface area contributed by atoms with Crippen molar-refractivity contribution in [3.05, 3.63) is 71.5 Å². The maximum atomic E-state index is 13.0. The monoisotopic (exact) mass is 461 g/mol. The maximum Gasteiger partial charge on any atom is 0.258 e. The van der Waals surface area contributed by atoms with Crippen LogP contribution in [0.5, 0.6) is 0 Å². The van der Waals surface area contributed by atoms with Crippen molar-refractivity contribution in [1.82, 2.24) is 9.97 Å². The molecular weight excluding hydrogens is 434 g/mol. The van der Waals surface area contributed by atoms with Gasteiger partial charge in [0.15, 0.2) is 0 Å². The van der Waals surface area contributed by atoms with E-state index in [0.717, 1.165) is 35.7 Å². The highest BCUT2D eigenvalue weighted by Crippen LogP contribution is 2.32. The molecular formula is C25H27N5O2S. The van der Waals surface area contributed by atoms with E-state index in [4.69, 9.17) is 5.73 Å². The molecule has 0 aliphatic carbocycles. The van der Waals surface area contributed by atoms with E-state index in [1.807, 2.05) is 12.1 Å². The third-order valence-electron chi connectivity index (χ3n) is 5.71. The maximum absolute atomic E-state index is 13.0. The third-order valence-corrected chi connectivity index (χ3v) is 6.90. The Kier molecular flexibility index (Phi) is 6.93. The molecule has 1 saturated heterocycles. The van der Waals surface area contributed by atoms with E-state index < -0.39 is 0 Å². The number of aryl methyl sites for hydroxylation is 2. The van der Waals surface area contributed by atoms with Gasteiger partial charge in [0.1, 0.15) is 10.8 Å². The molecule has 170 valence electrons. The van der Waals surface area contributed by atoms with Crippen molar-refractivity contribution in [3.63, 3.8) is 0 Å². The lowest BCUT2D eigenvalue weighted by molar-refractivity contribution is -0.122. The summed E-state index contributed by atoms with van der Waals surface area (Å²) in [7, 11) is 0. The van der Waals surface area contributed by atoms with Gasteiger partial charge in [-0.05, 0) is 62.6 Å². The summed E-state index contributed by atoms with van der Waals surface area (Å²) < 4.78 is 0. The lowest BCUT2D eigenvalue weighted by Gasteiger charge is -2.32.